The maximum atomic E-state index is 5.29. The summed E-state index contributed by atoms with van der Waals surface area (Å²) in [7, 11) is 0. The van der Waals surface area contributed by atoms with Gasteiger partial charge in [-0.05, 0) is 73.8 Å². The Kier molecular flexibility index (Phi) is 8.62. The fourth-order valence-electron chi connectivity index (χ4n) is 9.71. The first-order valence-corrected chi connectivity index (χ1v) is 22.0. The minimum absolute atomic E-state index is 0.497. The van der Waals surface area contributed by atoms with Gasteiger partial charge in [0.15, 0.2) is 5.82 Å². The smallest absolute Gasteiger partial charge is 0.160 e. The van der Waals surface area contributed by atoms with Crippen LogP contribution < -0.4 is 0 Å². The summed E-state index contributed by atoms with van der Waals surface area (Å²) in [6, 6.07) is 83.3. The van der Waals surface area contributed by atoms with Crippen molar-refractivity contribution in [3.05, 3.63) is 253 Å². The summed E-state index contributed by atoms with van der Waals surface area (Å²) in [5.41, 5.74) is 16.7. The molecule has 12 rings (SSSR count). The van der Waals surface area contributed by atoms with E-state index in [1.165, 1.54) is 70.2 Å². The number of fused-ring (bicyclic) bond motifs is 6. The quantitative estimate of drug-likeness (QED) is 0.160. The Hall–Kier alpha value is -7.72. The molecular weight excluding hydrogens is 769 g/mol. The van der Waals surface area contributed by atoms with Crippen LogP contribution in [-0.2, 0) is 5.41 Å². The van der Waals surface area contributed by atoms with Crippen molar-refractivity contribution in [2.75, 3.05) is 0 Å². The van der Waals surface area contributed by atoms with Gasteiger partial charge in [-0.2, -0.15) is 0 Å². The summed E-state index contributed by atoms with van der Waals surface area (Å²) >= 11 is 1.87. The highest BCUT2D eigenvalue weighted by atomic mass is 32.1. The van der Waals surface area contributed by atoms with Gasteiger partial charge < -0.3 is 0 Å². The zero-order valence-corrected chi connectivity index (χ0v) is 34.6. The molecule has 62 heavy (non-hydrogen) atoms. The lowest BCUT2D eigenvalue weighted by atomic mass is 9.67. The zero-order valence-electron chi connectivity index (χ0n) is 33.7. The number of rotatable bonds is 7. The van der Waals surface area contributed by atoms with E-state index in [9.17, 15) is 0 Å². The van der Waals surface area contributed by atoms with Gasteiger partial charge in [0.05, 0.1) is 16.8 Å². The Morgan fingerprint density at radius 1 is 0.323 bits per heavy atom. The van der Waals surface area contributed by atoms with Crippen molar-refractivity contribution < 1.29 is 0 Å². The molecule has 2 nitrogen and oxygen atoms in total. The Labute approximate surface area is 365 Å². The Morgan fingerprint density at radius 2 is 0.839 bits per heavy atom. The predicted octanol–water partition coefficient (Wildman–Crippen LogP) is 15.5. The molecule has 0 fully saturated rings. The normalized spacial score (nSPS) is 12.6. The summed E-state index contributed by atoms with van der Waals surface area (Å²) in [5, 5.41) is 2.64. The molecule has 290 valence electrons. The highest BCUT2D eigenvalue weighted by Gasteiger charge is 2.46. The number of nitrogens with zero attached hydrogens (tertiary/aromatic N) is 2. The van der Waals surface area contributed by atoms with Crippen LogP contribution in [0.1, 0.15) is 22.3 Å². The van der Waals surface area contributed by atoms with Crippen LogP contribution in [0.25, 0.3) is 87.5 Å². The van der Waals surface area contributed by atoms with Crippen LogP contribution in [0.4, 0.5) is 0 Å². The Bertz CT molecular complexity index is 3390. The monoisotopic (exact) mass is 806 g/mol. The van der Waals surface area contributed by atoms with Gasteiger partial charge in [-0.1, -0.05) is 212 Å². The maximum absolute atomic E-state index is 5.29. The Morgan fingerprint density at radius 3 is 1.55 bits per heavy atom. The second-order valence-electron chi connectivity index (χ2n) is 16.1. The molecule has 0 spiro atoms. The number of hydrogen-bond donors (Lipinski definition) is 0. The van der Waals surface area contributed by atoms with E-state index in [1.54, 1.807) is 0 Å². The van der Waals surface area contributed by atoms with E-state index >= 15 is 0 Å². The molecule has 1 aliphatic carbocycles. The fraction of sp³-hybridized carbons (Fsp3) is 0.0169. The second kappa shape index (κ2) is 14.8. The SMILES string of the molecule is c1ccc(-c2nc(-c3ccc(-c4ccc(-c5cccc6c5sc5ccccc56)cc4)cc3)cc(-c3ccc4c(c3)C(c3ccccc3)(c3ccccc3)c3ccccc3-4)n2)cc1. The van der Waals surface area contributed by atoms with Crippen molar-refractivity contribution >= 4 is 31.5 Å². The average molecular weight is 807 g/mol. The van der Waals surface area contributed by atoms with E-state index in [0.29, 0.717) is 5.82 Å². The molecule has 0 radical (unpaired) electrons. The summed E-state index contributed by atoms with van der Waals surface area (Å²) in [6.07, 6.45) is 0. The van der Waals surface area contributed by atoms with Crippen LogP contribution >= 0.6 is 11.3 Å². The summed E-state index contributed by atoms with van der Waals surface area (Å²) in [4.78, 5) is 10.5. The number of aromatic nitrogens is 2. The van der Waals surface area contributed by atoms with Crippen LogP contribution in [0.3, 0.4) is 0 Å². The van der Waals surface area contributed by atoms with E-state index in [4.69, 9.17) is 9.97 Å². The zero-order chi connectivity index (χ0) is 41.0. The van der Waals surface area contributed by atoms with Gasteiger partial charge in [0.25, 0.3) is 0 Å². The molecule has 0 bridgehead atoms. The van der Waals surface area contributed by atoms with Gasteiger partial charge >= 0.3 is 0 Å². The van der Waals surface area contributed by atoms with Gasteiger partial charge in [-0.25, -0.2) is 9.97 Å². The third kappa shape index (κ3) is 5.85. The number of benzene rings is 9. The largest absolute Gasteiger partial charge is 0.228 e. The van der Waals surface area contributed by atoms with Crippen molar-refractivity contribution in [3.8, 4) is 67.3 Å². The van der Waals surface area contributed by atoms with Crippen LogP contribution in [0.15, 0.2) is 231 Å². The van der Waals surface area contributed by atoms with Crippen LogP contribution in [0.2, 0.25) is 0 Å². The molecule has 3 heteroatoms. The van der Waals surface area contributed by atoms with Crippen LogP contribution in [-0.4, -0.2) is 9.97 Å². The molecule has 2 aromatic heterocycles. The van der Waals surface area contributed by atoms with Crippen molar-refractivity contribution in [1.82, 2.24) is 9.97 Å². The minimum Gasteiger partial charge on any atom is -0.228 e. The number of thiophene rings is 1. The lowest BCUT2D eigenvalue weighted by molar-refractivity contribution is 0.768. The van der Waals surface area contributed by atoms with E-state index in [2.05, 4.69) is 224 Å². The number of hydrogen-bond acceptors (Lipinski definition) is 3. The first-order valence-electron chi connectivity index (χ1n) is 21.1. The van der Waals surface area contributed by atoms with Gasteiger partial charge in [0.1, 0.15) is 0 Å². The third-order valence-corrected chi connectivity index (χ3v) is 13.8. The molecule has 1 aliphatic rings. The fourth-order valence-corrected chi connectivity index (χ4v) is 11.0. The molecule has 0 atom stereocenters. The van der Waals surface area contributed by atoms with Crippen LogP contribution in [0, 0.1) is 0 Å². The van der Waals surface area contributed by atoms with Gasteiger partial charge in [0.2, 0.25) is 0 Å². The standard InChI is InChI=1S/C59H38N2S/c1-4-15-43(16-5-1)58-60-54(42-33-29-40(30-34-42)39-27-31-41(32-28-39)47-23-14-24-51-50-22-11-13-26-56(50)62-57(47)51)38-55(61-58)44-35-36-49-48-21-10-12-25-52(48)59(53(49)37-44,45-17-6-2-7-18-45)46-19-8-3-9-20-46/h1-38H. The molecule has 0 unspecified atom stereocenters. The van der Waals surface area contributed by atoms with E-state index in [0.717, 1.165) is 33.6 Å². The summed E-state index contributed by atoms with van der Waals surface area (Å²) < 4.78 is 2.66. The lowest BCUT2D eigenvalue weighted by Gasteiger charge is -2.34. The highest BCUT2D eigenvalue weighted by Crippen LogP contribution is 2.56. The average Bonchev–Trinajstić information content (AvgIpc) is 3.89. The lowest BCUT2D eigenvalue weighted by Crippen LogP contribution is -2.28. The van der Waals surface area contributed by atoms with Gasteiger partial charge in [-0.3, -0.25) is 0 Å². The Balaban J connectivity index is 0.943. The first kappa shape index (κ1) is 36.2. The minimum atomic E-state index is -0.497. The van der Waals surface area contributed by atoms with Crippen molar-refractivity contribution in [2.45, 2.75) is 5.41 Å². The molecule has 2 heterocycles. The van der Waals surface area contributed by atoms with E-state index in [1.807, 2.05) is 17.4 Å². The summed E-state index contributed by atoms with van der Waals surface area (Å²) in [6.45, 7) is 0. The predicted molar refractivity (Wildman–Crippen MR) is 259 cm³/mol. The van der Waals surface area contributed by atoms with Gasteiger partial charge in [-0.15, -0.1) is 11.3 Å². The molecular formula is C59H38N2S. The first-order chi connectivity index (χ1) is 30.7. The molecule has 0 saturated heterocycles. The van der Waals surface area contributed by atoms with Crippen molar-refractivity contribution in [1.29, 1.82) is 0 Å². The molecule has 11 aromatic rings. The molecule has 9 aromatic carbocycles. The second-order valence-corrected chi connectivity index (χ2v) is 17.1. The topological polar surface area (TPSA) is 25.8 Å². The van der Waals surface area contributed by atoms with Crippen molar-refractivity contribution in [3.63, 3.8) is 0 Å². The summed E-state index contributed by atoms with van der Waals surface area (Å²) in [5.74, 6) is 0.701. The van der Waals surface area contributed by atoms with Gasteiger partial charge in [0, 0.05) is 36.9 Å². The molecule has 0 amide bonds. The maximum Gasteiger partial charge on any atom is 0.160 e. The van der Waals surface area contributed by atoms with E-state index in [-0.39, 0.29) is 0 Å². The van der Waals surface area contributed by atoms with E-state index < -0.39 is 5.41 Å². The molecule has 0 N–H and O–H groups in total. The molecule has 0 aliphatic heterocycles. The molecule has 0 saturated carbocycles. The van der Waals surface area contributed by atoms with Crippen molar-refractivity contribution in [2.24, 2.45) is 0 Å². The third-order valence-electron chi connectivity index (χ3n) is 12.6. The highest BCUT2D eigenvalue weighted by molar-refractivity contribution is 7.26. The van der Waals surface area contributed by atoms with Crippen LogP contribution in [0.5, 0.6) is 0 Å².